The van der Waals surface area contributed by atoms with Crippen molar-refractivity contribution in [2.24, 2.45) is 11.7 Å². The molecule has 2 nitrogen and oxygen atoms in total. The fraction of sp³-hybridized carbons (Fsp3) is 0.714. The van der Waals surface area contributed by atoms with Crippen molar-refractivity contribution in [1.82, 2.24) is 4.90 Å². The van der Waals surface area contributed by atoms with Crippen LogP contribution in [0, 0.1) is 5.92 Å². The second-order valence-electron chi connectivity index (χ2n) is 5.03. The minimum atomic E-state index is 0.488. The third kappa shape index (κ3) is 4.09. The molecule has 1 heterocycles. The van der Waals surface area contributed by atoms with Crippen LogP contribution in [0.5, 0.6) is 0 Å². The number of rotatable bonds is 7. The largest absolute Gasteiger partial charge is 0.329 e. The molecule has 0 fully saturated rings. The molecule has 17 heavy (non-hydrogen) atoms. The van der Waals surface area contributed by atoms with Crippen molar-refractivity contribution in [2.45, 2.75) is 52.7 Å². The highest BCUT2D eigenvalue weighted by atomic mass is 32.1. The Morgan fingerprint density at radius 2 is 2.06 bits per heavy atom. The van der Waals surface area contributed by atoms with Gasteiger partial charge in [0.1, 0.15) is 0 Å². The monoisotopic (exact) mass is 254 g/mol. The van der Waals surface area contributed by atoms with E-state index in [1.807, 2.05) is 11.3 Å². The molecule has 1 aromatic heterocycles. The Kier molecular flexibility index (Phi) is 6.17. The molecule has 0 aliphatic heterocycles. The minimum absolute atomic E-state index is 0.488. The van der Waals surface area contributed by atoms with E-state index in [4.69, 9.17) is 5.73 Å². The lowest BCUT2D eigenvalue weighted by atomic mass is 9.96. The third-order valence-corrected chi connectivity index (χ3v) is 4.41. The maximum absolute atomic E-state index is 5.98. The van der Waals surface area contributed by atoms with Crippen LogP contribution in [0.15, 0.2) is 17.5 Å². The number of hydrogen-bond acceptors (Lipinski definition) is 3. The van der Waals surface area contributed by atoms with Gasteiger partial charge in [0, 0.05) is 30.1 Å². The second kappa shape index (κ2) is 7.14. The average Bonchev–Trinajstić information content (AvgIpc) is 2.80. The van der Waals surface area contributed by atoms with Crippen LogP contribution in [0.2, 0.25) is 0 Å². The summed E-state index contributed by atoms with van der Waals surface area (Å²) >= 11 is 1.83. The van der Waals surface area contributed by atoms with Gasteiger partial charge in [-0.2, -0.15) is 0 Å². The SMILES string of the molecule is CCC(C)C(CN)N(Cc1cccs1)C(C)C. The summed E-state index contributed by atoms with van der Waals surface area (Å²) in [6, 6.07) is 5.37. The summed E-state index contributed by atoms with van der Waals surface area (Å²) in [5.74, 6) is 0.655. The molecule has 0 saturated heterocycles. The number of nitrogens with two attached hydrogens (primary N) is 1. The topological polar surface area (TPSA) is 29.3 Å². The van der Waals surface area contributed by atoms with Crippen molar-refractivity contribution >= 4 is 11.3 Å². The highest BCUT2D eigenvalue weighted by molar-refractivity contribution is 7.09. The van der Waals surface area contributed by atoms with Gasteiger partial charge in [-0.15, -0.1) is 11.3 Å². The normalized spacial score (nSPS) is 15.5. The smallest absolute Gasteiger partial charge is 0.0334 e. The molecule has 0 spiro atoms. The summed E-state index contributed by atoms with van der Waals surface area (Å²) in [6.45, 7) is 10.9. The Bertz CT molecular complexity index is 295. The number of nitrogens with zero attached hydrogens (tertiary/aromatic N) is 1. The third-order valence-electron chi connectivity index (χ3n) is 3.55. The summed E-state index contributed by atoms with van der Waals surface area (Å²) in [4.78, 5) is 3.97. The van der Waals surface area contributed by atoms with Gasteiger partial charge in [-0.25, -0.2) is 0 Å². The van der Waals surface area contributed by atoms with Crippen LogP contribution < -0.4 is 5.73 Å². The lowest BCUT2D eigenvalue weighted by molar-refractivity contribution is 0.108. The van der Waals surface area contributed by atoms with Gasteiger partial charge in [0.2, 0.25) is 0 Å². The molecular weight excluding hydrogens is 228 g/mol. The van der Waals surface area contributed by atoms with E-state index in [0.29, 0.717) is 18.0 Å². The molecule has 0 aliphatic carbocycles. The van der Waals surface area contributed by atoms with Crippen LogP contribution in [-0.4, -0.2) is 23.5 Å². The van der Waals surface area contributed by atoms with Gasteiger partial charge in [0.05, 0.1) is 0 Å². The fourth-order valence-electron chi connectivity index (χ4n) is 2.23. The van der Waals surface area contributed by atoms with E-state index >= 15 is 0 Å². The van der Waals surface area contributed by atoms with Crippen molar-refractivity contribution in [3.05, 3.63) is 22.4 Å². The zero-order valence-electron chi connectivity index (χ0n) is 11.5. The highest BCUT2D eigenvalue weighted by Gasteiger charge is 2.24. The molecule has 3 heteroatoms. The standard InChI is InChI=1S/C14H26N2S/c1-5-12(4)14(9-15)16(11(2)3)10-13-7-6-8-17-13/h6-8,11-12,14H,5,9-10,15H2,1-4H3. The Hall–Kier alpha value is -0.380. The van der Waals surface area contributed by atoms with Crippen molar-refractivity contribution in [1.29, 1.82) is 0 Å². The summed E-state index contributed by atoms with van der Waals surface area (Å²) in [5, 5.41) is 2.15. The van der Waals surface area contributed by atoms with Crippen LogP contribution in [0.3, 0.4) is 0 Å². The van der Waals surface area contributed by atoms with Gasteiger partial charge in [-0.05, 0) is 31.2 Å². The van der Waals surface area contributed by atoms with E-state index in [0.717, 1.165) is 13.1 Å². The van der Waals surface area contributed by atoms with Crippen molar-refractivity contribution in [3.8, 4) is 0 Å². The molecule has 1 aromatic rings. The molecule has 2 unspecified atom stereocenters. The molecule has 2 atom stereocenters. The van der Waals surface area contributed by atoms with Gasteiger partial charge in [-0.1, -0.05) is 26.3 Å². The Morgan fingerprint density at radius 3 is 2.47 bits per heavy atom. The maximum atomic E-state index is 5.98. The van der Waals surface area contributed by atoms with E-state index in [2.05, 4.69) is 50.1 Å². The van der Waals surface area contributed by atoms with Gasteiger partial charge in [-0.3, -0.25) is 4.90 Å². The minimum Gasteiger partial charge on any atom is -0.329 e. The summed E-state index contributed by atoms with van der Waals surface area (Å²) in [5.41, 5.74) is 5.98. The predicted molar refractivity (Wildman–Crippen MR) is 77.3 cm³/mol. The first-order valence-corrected chi connectivity index (χ1v) is 7.46. The highest BCUT2D eigenvalue weighted by Crippen LogP contribution is 2.21. The molecule has 0 amide bonds. The number of hydrogen-bond donors (Lipinski definition) is 1. The molecule has 0 aliphatic rings. The van der Waals surface area contributed by atoms with Gasteiger partial charge in [0.15, 0.2) is 0 Å². The van der Waals surface area contributed by atoms with E-state index in [1.165, 1.54) is 11.3 Å². The van der Waals surface area contributed by atoms with Crippen LogP contribution >= 0.6 is 11.3 Å². The molecule has 1 rings (SSSR count). The van der Waals surface area contributed by atoms with Gasteiger partial charge >= 0.3 is 0 Å². The molecule has 0 aromatic carbocycles. The quantitative estimate of drug-likeness (QED) is 0.808. The predicted octanol–water partition coefficient (Wildman–Crippen LogP) is 3.33. The molecule has 0 saturated carbocycles. The Morgan fingerprint density at radius 1 is 1.35 bits per heavy atom. The summed E-state index contributed by atoms with van der Waals surface area (Å²) < 4.78 is 0. The van der Waals surface area contributed by atoms with E-state index in [9.17, 15) is 0 Å². The van der Waals surface area contributed by atoms with E-state index < -0.39 is 0 Å². The van der Waals surface area contributed by atoms with Gasteiger partial charge in [0.25, 0.3) is 0 Å². The van der Waals surface area contributed by atoms with Crippen LogP contribution in [0.25, 0.3) is 0 Å². The number of thiophene rings is 1. The zero-order chi connectivity index (χ0) is 12.8. The first kappa shape index (κ1) is 14.7. The first-order valence-electron chi connectivity index (χ1n) is 6.58. The summed E-state index contributed by atoms with van der Waals surface area (Å²) in [6.07, 6.45) is 1.19. The molecule has 0 radical (unpaired) electrons. The van der Waals surface area contributed by atoms with Gasteiger partial charge < -0.3 is 5.73 Å². The van der Waals surface area contributed by atoms with Crippen LogP contribution in [-0.2, 0) is 6.54 Å². The summed E-state index contributed by atoms with van der Waals surface area (Å²) in [7, 11) is 0. The van der Waals surface area contributed by atoms with Crippen LogP contribution in [0.4, 0.5) is 0 Å². The maximum Gasteiger partial charge on any atom is 0.0334 e. The average molecular weight is 254 g/mol. The fourth-order valence-corrected chi connectivity index (χ4v) is 2.94. The second-order valence-corrected chi connectivity index (χ2v) is 6.07. The Balaban J connectivity index is 2.76. The van der Waals surface area contributed by atoms with Crippen LogP contribution in [0.1, 0.15) is 39.0 Å². The van der Waals surface area contributed by atoms with E-state index in [1.54, 1.807) is 0 Å². The zero-order valence-corrected chi connectivity index (χ0v) is 12.3. The van der Waals surface area contributed by atoms with Crippen molar-refractivity contribution in [2.75, 3.05) is 6.54 Å². The first-order chi connectivity index (χ1) is 8.10. The lowest BCUT2D eigenvalue weighted by Gasteiger charge is -2.37. The molecule has 98 valence electrons. The molecular formula is C14H26N2S. The van der Waals surface area contributed by atoms with Crippen molar-refractivity contribution < 1.29 is 0 Å². The molecule has 0 bridgehead atoms. The van der Waals surface area contributed by atoms with E-state index in [-0.39, 0.29) is 0 Å². The lowest BCUT2D eigenvalue weighted by Crippen LogP contribution is -2.47. The molecule has 2 N–H and O–H groups in total. The Labute approximate surface area is 110 Å². The van der Waals surface area contributed by atoms with Crippen molar-refractivity contribution in [3.63, 3.8) is 0 Å².